The Kier molecular flexibility index (Phi) is 5.30. The normalized spacial score (nSPS) is 22.0. The maximum absolute atomic E-state index is 12.5. The minimum atomic E-state index is -0.0658. The van der Waals surface area contributed by atoms with Crippen molar-refractivity contribution in [2.75, 3.05) is 58.4 Å². The van der Waals surface area contributed by atoms with Crippen molar-refractivity contribution in [3.63, 3.8) is 0 Å². The first kappa shape index (κ1) is 17.1. The Labute approximate surface area is 143 Å². The van der Waals surface area contributed by atoms with Crippen molar-refractivity contribution in [2.24, 2.45) is 0 Å². The molecule has 0 aliphatic carbocycles. The topological polar surface area (TPSA) is 61.8 Å². The van der Waals surface area contributed by atoms with E-state index in [1.165, 1.54) is 0 Å². The van der Waals surface area contributed by atoms with E-state index >= 15 is 0 Å². The lowest BCUT2D eigenvalue weighted by atomic mass is 10.2. The van der Waals surface area contributed by atoms with Crippen molar-refractivity contribution < 1.29 is 9.53 Å². The highest BCUT2D eigenvalue weighted by atomic mass is 16.5. The van der Waals surface area contributed by atoms with Gasteiger partial charge in [-0.3, -0.25) is 9.69 Å². The minimum Gasteiger partial charge on any atom is -0.378 e. The third kappa shape index (κ3) is 3.84. The Morgan fingerprint density at radius 2 is 2.04 bits per heavy atom. The van der Waals surface area contributed by atoms with E-state index < -0.39 is 0 Å². The zero-order valence-electron chi connectivity index (χ0n) is 14.9. The van der Waals surface area contributed by atoms with Gasteiger partial charge in [0.05, 0.1) is 25.8 Å². The molecule has 0 unspecified atom stereocenters. The number of nitrogens with zero attached hydrogens (tertiary/aromatic N) is 5. The van der Waals surface area contributed by atoms with Crippen LogP contribution < -0.4 is 4.90 Å². The van der Waals surface area contributed by atoms with E-state index in [0.717, 1.165) is 49.8 Å². The zero-order valence-corrected chi connectivity index (χ0v) is 14.9. The number of hydrogen-bond acceptors (Lipinski definition) is 6. The van der Waals surface area contributed by atoms with Crippen LogP contribution in [0.2, 0.25) is 0 Å². The molecule has 0 aromatic carbocycles. The molecule has 3 rings (SSSR count). The molecule has 7 heteroatoms. The van der Waals surface area contributed by atoms with Gasteiger partial charge in [0.2, 0.25) is 5.91 Å². The summed E-state index contributed by atoms with van der Waals surface area (Å²) in [5, 5.41) is 0. The lowest BCUT2D eigenvalue weighted by Crippen LogP contribution is -2.46. The summed E-state index contributed by atoms with van der Waals surface area (Å²) in [6, 6.07) is 1.90. The lowest BCUT2D eigenvalue weighted by molar-refractivity contribution is -0.133. The predicted octanol–water partition coefficient (Wildman–Crippen LogP) is 0.847. The van der Waals surface area contributed by atoms with Crippen molar-refractivity contribution in [1.29, 1.82) is 0 Å². The highest BCUT2D eigenvalue weighted by Gasteiger charge is 2.30. The summed E-state index contributed by atoms with van der Waals surface area (Å²) in [5.41, 5.74) is 0.931. The molecule has 0 radical (unpaired) electrons. The van der Waals surface area contributed by atoms with Gasteiger partial charge < -0.3 is 14.5 Å². The quantitative estimate of drug-likeness (QED) is 0.814. The van der Waals surface area contributed by atoms with Crippen LogP contribution in [0, 0.1) is 6.92 Å². The number of amides is 1. The maximum Gasteiger partial charge on any atom is 0.236 e. The number of likely N-dealkylation sites (tertiary alicyclic amines) is 1. The summed E-state index contributed by atoms with van der Waals surface area (Å²) in [5.74, 6) is 1.83. The fourth-order valence-corrected chi connectivity index (χ4v) is 3.26. The minimum absolute atomic E-state index is 0.0658. The van der Waals surface area contributed by atoms with Crippen molar-refractivity contribution >= 4 is 11.7 Å². The highest BCUT2D eigenvalue weighted by Crippen LogP contribution is 2.24. The van der Waals surface area contributed by atoms with Crippen molar-refractivity contribution in [3.05, 3.63) is 17.6 Å². The van der Waals surface area contributed by atoms with Crippen molar-refractivity contribution in [3.8, 4) is 0 Å². The van der Waals surface area contributed by atoms with Crippen LogP contribution in [0.5, 0.6) is 0 Å². The molecule has 1 aromatic heterocycles. The Morgan fingerprint density at radius 1 is 1.29 bits per heavy atom. The largest absolute Gasteiger partial charge is 0.378 e. The molecule has 2 aliphatic rings. The molecule has 0 saturated carbocycles. The SMILES string of the molecule is Cc1cc(N(C)C)nc([C@H]2COCCN2CC(=O)N2CCCC2)n1. The second-order valence-corrected chi connectivity index (χ2v) is 6.77. The molecule has 1 atom stereocenters. The van der Waals surface area contributed by atoms with Gasteiger partial charge in [0, 0.05) is 45.5 Å². The molecule has 2 fully saturated rings. The first-order valence-corrected chi connectivity index (χ1v) is 8.67. The summed E-state index contributed by atoms with van der Waals surface area (Å²) in [6.07, 6.45) is 2.23. The Balaban J connectivity index is 1.77. The van der Waals surface area contributed by atoms with E-state index in [4.69, 9.17) is 4.74 Å². The van der Waals surface area contributed by atoms with Gasteiger partial charge in [-0.25, -0.2) is 9.97 Å². The Morgan fingerprint density at radius 3 is 2.75 bits per heavy atom. The van der Waals surface area contributed by atoms with Crippen LogP contribution in [0.3, 0.4) is 0 Å². The number of aryl methyl sites for hydroxylation is 1. The third-order valence-electron chi connectivity index (χ3n) is 4.65. The summed E-state index contributed by atoms with van der Waals surface area (Å²) >= 11 is 0. The van der Waals surface area contributed by atoms with E-state index in [1.807, 2.05) is 36.9 Å². The van der Waals surface area contributed by atoms with Gasteiger partial charge >= 0.3 is 0 Å². The number of hydrogen-bond donors (Lipinski definition) is 0. The number of morpholine rings is 1. The second-order valence-electron chi connectivity index (χ2n) is 6.77. The van der Waals surface area contributed by atoms with Gasteiger partial charge in [-0.15, -0.1) is 0 Å². The summed E-state index contributed by atoms with van der Waals surface area (Å²) in [7, 11) is 3.94. The average Bonchev–Trinajstić information content (AvgIpc) is 3.09. The molecule has 3 heterocycles. The fraction of sp³-hybridized carbons (Fsp3) is 0.706. The summed E-state index contributed by atoms with van der Waals surface area (Å²) < 4.78 is 5.65. The molecule has 0 bridgehead atoms. The maximum atomic E-state index is 12.5. The monoisotopic (exact) mass is 333 g/mol. The summed E-state index contributed by atoms with van der Waals surface area (Å²) in [6.45, 7) is 6.09. The molecule has 0 N–H and O–H groups in total. The van der Waals surface area contributed by atoms with Crippen molar-refractivity contribution in [2.45, 2.75) is 25.8 Å². The first-order valence-electron chi connectivity index (χ1n) is 8.67. The van der Waals surface area contributed by atoms with Gasteiger partial charge in [0.15, 0.2) is 0 Å². The molecule has 1 amide bonds. The molecule has 0 spiro atoms. The van der Waals surface area contributed by atoms with Crippen LogP contribution in [0.25, 0.3) is 0 Å². The van der Waals surface area contributed by atoms with E-state index in [-0.39, 0.29) is 11.9 Å². The number of aromatic nitrogens is 2. The number of carbonyl (C=O) groups is 1. The number of carbonyl (C=O) groups excluding carboxylic acids is 1. The number of anilines is 1. The summed E-state index contributed by atoms with van der Waals surface area (Å²) in [4.78, 5) is 27.9. The smallest absolute Gasteiger partial charge is 0.236 e. The molecule has 132 valence electrons. The van der Waals surface area contributed by atoms with E-state index in [0.29, 0.717) is 19.8 Å². The van der Waals surface area contributed by atoms with E-state index in [9.17, 15) is 4.79 Å². The molecule has 1 aromatic rings. The average molecular weight is 333 g/mol. The molecule has 2 saturated heterocycles. The lowest BCUT2D eigenvalue weighted by Gasteiger charge is -2.35. The van der Waals surface area contributed by atoms with Crippen LogP contribution in [0.4, 0.5) is 5.82 Å². The standard InChI is InChI=1S/C17H27N5O2/c1-13-10-15(20(2)3)19-17(18-13)14-12-24-9-8-22(14)11-16(23)21-6-4-5-7-21/h10,14H,4-9,11-12H2,1-3H3/t14-/m1/s1. The van der Waals surface area contributed by atoms with Crippen LogP contribution in [0.1, 0.15) is 30.4 Å². The molecule has 24 heavy (non-hydrogen) atoms. The molecule has 2 aliphatic heterocycles. The van der Waals surface area contributed by atoms with Crippen molar-refractivity contribution in [1.82, 2.24) is 19.8 Å². The third-order valence-corrected chi connectivity index (χ3v) is 4.65. The Hall–Kier alpha value is -1.73. The molecular weight excluding hydrogens is 306 g/mol. The van der Waals surface area contributed by atoms with Crippen LogP contribution in [-0.2, 0) is 9.53 Å². The number of rotatable bonds is 4. The molecule has 7 nitrogen and oxygen atoms in total. The van der Waals surface area contributed by atoms with E-state index in [2.05, 4.69) is 14.9 Å². The van der Waals surface area contributed by atoms with Crippen LogP contribution >= 0.6 is 0 Å². The van der Waals surface area contributed by atoms with Crippen LogP contribution in [0.15, 0.2) is 6.07 Å². The fourth-order valence-electron chi connectivity index (χ4n) is 3.26. The van der Waals surface area contributed by atoms with Gasteiger partial charge in [-0.2, -0.15) is 0 Å². The highest BCUT2D eigenvalue weighted by molar-refractivity contribution is 5.78. The van der Waals surface area contributed by atoms with Gasteiger partial charge in [0.1, 0.15) is 11.6 Å². The van der Waals surface area contributed by atoms with Gasteiger partial charge in [-0.05, 0) is 19.8 Å². The van der Waals surface area contributed by atoms with Gasteiger partial charge in [0.25, 0.3) is 0 Å². The zero-order chi connectivity index (χ0) is 17.1. The first-order chi connectivity index (χ1) is 11.5. The molecular formula is C17H27N5O2. The predicted molar refractivity (Wildman–Crippen MR) is 92.0 cm³/mol. The number of ether oxygens (including phenoxy) is 1. The van der Waals surface area contributed by atoms with Crippen LogP contribution in [-0.4, -0.2) is 79.2 Å². The van der Waals surface area contributed by atoms with Gasteiger partial charge in [-0.1, -0.05) is 0 Å². The Bertz CT molecular complexity index is 586. The second kappa shape index (κ2) is 7.44. The van der Waals surface area contributed by atoms with E-state index in [1.54, 1.807) is 0 Å².